The van der Waals surface area contributed by atoms with Gasteiger partial charge in [0.25, 0.3) is 0 Å². The van der Waals surface area contributed by atoms with E-state index in [1.807, 2.05) is 0 Å². The van der Waals surface area contributed by atoms with Crippen molar-refractivity contribution in [3.8, 4) is 0 Å². The van der Waals surface area contributed by atoms with Crippen LogP contribution in [0, 0.1) is 0 Å². The van der Waals surface area contributed by atoms with Gasteiger partial charge in [0, 0.05) is 29.8 Å². The van der Waals surface area contributed by atoms with Gasteiger partial charge in [0.2, 0.25) is 0 Å². The predicted molar refractivity (Wildman–Crippen MR) is 136 cm³/mol. The van der Waals surface area contributed by atoms with E-state index in [-0.39, 0.29) is 0 Å². The molecule has 0 amide bonds. The third kappa shape index (κ3) is 3.96. The van der Waals surface area contributed by atoms with Crippen LogP contribution in [0.15, 0.2) is 115 Å². The van der Waals surface area contributed by atoms with Gasteiger partial charge in [-0.15, -0.1) is 0 Å². The Morgan fingerprint density at radius 3 is 1.68 bits per heavy atom. The Hall–Kier alpha value is -3.09. The fraction of sp³-hybridized carbons (Fsp3) is 0.143. The zero-order chi connectivity index (χ0) is 21.0. The van der Waals surface area contributed by atoms with Crippen molar-refractivity contribution in [1.29, 1.82) is 0 Å². The maximum atomic E-state index is 2.57. The number of anilines is 2. The van der Waals surface area contributed by atoms with E-state index in [2.05, 4.69) is 132 Å². The van der Waals surface area contributed by atoms with Crippen LogP contribution in [0.1, 0.15) is 6.92 Å². The zero-order valence-corrected chi connectivity index (χ0v) is 18.7. The van der Waals surface area contributed by atoms with Crippen molar-refractivity contribution in [2.75, 3.05) is 22.9 Å². The number of para-hydroxylation sites is 2. The zero-order valence-electron chi connectivity index (χ0n) is 17.8. The highest BCUT2D eigenvalue weighted by molar-refractivity contribution is 7.80. The largest absolute Gasteiger partial charge is 0.350 e. The summed E-state index contributed by atoms with van der Waals surface area (Å²) in [6.07, 6.45) is 0.312. The van der Waals surface area contributed by atoms with Crippen LogP contribution in [0.3, 0.4) is 0 Å². The molecule has 1 heterocycles. The molecule has 2 nitrogen and oxygen atoms in total. The summed E-state index contributed by atoms with van der Waals surface area (Å²) in [6.45, 7) is 4.39. The average Bonchev–Trinajstić information content (AvgIpc) is 3.23. The SMILES string of the molecule is CC1N(c2ccccc2)CCN1c1ccccc1P(c1ccccc1)c1ccccc1. The van der Waals surface area contributed by atoms with Gasteiger partial charge in [-0.25, -0.2) is 0 Å². The van der Waals surface area contributed by atoms with Crippen molar-refractivity contribution in [2.24, 2.45) is 0 Å². The lowest BCUT2D eigenvalue weighted by Crippen LogP contribution is -2.38. The molecule has 1 aliphatic rings. The third-order valence-corrected chi connectivity index (χ3v) is 8.52. The molecule has 154 valence electrons. The molecule has 1 saturated heterocycles. The standard InChI is InChI=1S/C28H27N2P/c1-23-29(24-13-5-2-6-14-24)21-22-30(23)27-19-11-12-20-28(27)31(25-15-7-3-8-16-25)26-17-9-4-10-18-26/h2-20,23H,21-22H2,1H3. The molecule has 31 heavy (non-hydrogen) atoms. The van der Waals surface area contributed by atoms with Crippen molar-refractivity contribution in [2.45, 2.75) is 13.1 Å². The second kappa shape index (κ2) is 8.96. The highest BCUT2D eigenvalue weighted by Gasteiger charge is 2.31. The molecule has 1 aliphatic heterocycles. The first kappa shape index (κ1) is 19.8. The summed E-state index contributed by atoms with van der Waals surface area (Å²) in [5.41, 5.74) is 2.65. The number of rotatable bonds is 5. The topological polar surface area (TPSA) is 6.48 Å². The number of hydrogen-bond donors (Lipinski definition) is 0. The number of benzene rings is 4. The van der Waals surface area contributed by atoms with Gasteiger partial charge in [-0.3, -0.25) is 0 Å². The van der Waals surface area contributed by atoms with Crippen molar-refractivity contribution in [3.63, 3.8) is 0 Å². The van der Waals surface area contributed by atoms with E-state index >= 15 is 0 Å². The molecule has 0 spiro atoms. The summed E-state index contributed by atoms with van der Waals surface area (Å²) in [4.78, 5) is 5.08. The van der Waals surface area contributed by atoms with Crippen molar-refractivity contribution in [3.05, 3.63) is 115 Å². The highest BCUT2D eigenvalue weighted by Crippen LogP contribution is 2.38. The first-order valence-electron chi connectivity index (χ1n) is 10.9. The number of nitrogens with zero attached hydrogens (tertiary/aromatic N) is 2. The van der Waals surface area contributed by atoms with Gasteiger partial charge in [-0.2, -0.15) is 0 Å². The molecule has 5 rings (SSSR count). The minimum absolute atomic E-state index is 0.312. The molecule has 3 heteroatoms. The molecule has 0 radical (unpaired) electrons. The predicted octanol–water partition coefficient (Wildman–Crippen LogP) is 5.12. The first-order chi connectivity index (χ1) is 15.3. The Morgan fingerprint density at radius 1 is 0.581 bits per heavy atom. The summed E-state index contributed by atoms with van der Waals surface area (Å²) in [6, 6.07) is 41.7. The Balaban J connectivity index is 1.57. The molecule has 0 N–H and O–H groups in total. The van der Waals surface area contributed by atoms with Crippen LogP contribution >= 0.6 is 7.92 Å². The van der Waals surface area contributed by atoms with Crippen LogP contribution in [0.5, 0.6) is 0 Å². The van der Waals surface area contributed by atoms with Crippen LogP contribution in [-0.2, 0) is 0 Å². The highest BCUT2D eigenvalue weighted by atomic mass is 31.1. The van der Waals surface area contributed by atoms with Gasteiger partial charge in [0.15, 0.2) is 0 Å². The fourth-order valence-electron chi connectivity index (χ4n) is 4.52. The summed E-state index contributed by atoms with van der Waals surface area (Å²) in [5.74, 6) is 0. The van der Waals surface area contributed by atoms with Crippen LogP contribution in [-0.4, -0.2) is 19.3 Å². The Morgan fingerprint density at radius 2 is 1.06 bits per heavy atom. The van der Waals surface area contributed by atoms with Gasteiger partial charge in [-0.1, -0.05) is 97.1 Å². The van der Waals surface area contributed by atoms with E-state index < -0.39 is 7.92 Å². The summed E-state index contributed by atoms with van der Waals surface area (Å²) in [5, 5.41) is 4.21. The summed E-state index contributed by atoms with van der Waals surface area (Å²) in [7, 11) is -0.631. The Labute approximate surface area is 186 Å². The van der Waals surface area contributed by atoms with E-state index in [0.717, 1.165) is 13.1 Å². The number of hydrogen-bond acceptors (Lipinski definition) is 2. The maximum absolute atomic E-state index is 2.57. The van der Waals surface area contributed by atoms with Gasteiger partial charge >= 0.3 is 0 Å². The molecule has 4 aromatic rings. The van der Waals surface area contributed by atoms with Crippen molar-refractivity contribution in [1.82, 2.24) is 0 Å². The van der Waals surface area contributed by atoms with E-state index in [1.54, 1.807) is 0 Å². The van der Waals surface area contributed by atoms with E-state index in [9.17, 15) is 0 Å². The van der Waals surface area contributed by atoms with Crippen LogP contribution in [0.25, 0.3) is 0 Å². The monoisotopic (exact) mass is 422 g/mol. The van der Waals surface area contributed by atoms with E-state index in [0.29, 0.717) is 6.17 Å². The van der Waals surface area contributed by atoms with Crippen LogP contribution < -0.4 is 25.7 Å². The van der Waals surface area contributed by atoms with E-state index in [4.69, 9.17) is 0 Å². The first-order valence-corrected chi connectivity index (χ1v) is 12.2. The van der Waals surface area contributed by atoms with Gasteiger partial charge in [0.1, 0.15) is 0 Å². The third-order valence-electron chi connectivity index (χ3n) is 6.03. The Bertz CT molecular complexity index is 1080. The quantitative estimate of drug-likeness (QED) is 0.412. The lowest BCUT2D eigenvalue weighted by Gasteiger charge is -2.33. The van der Waals surface area contributed by atoms with Crippen molar-refractivity contribution >= 4 is 35.2 Å². The Kier molecular flexibility index (Phi) is 5.74. The van der Waals surface area contributed by atoms with E-state index in [1.165, 1.54) is 27.3 Å². The maximum Gasteiger partial charge on any atom is 0.0988 e. The van der Waals surface area contributed by atoms with Crippen LogP contribution in [0.4, 0.5) is 11.4 Å². The lowest BCUT2D eigenvalue weighted by molar-refractivity contribution is 0.734. The normalized spacial score (nSPS) is 16.1. The minimum atomic E-state index is -0.631. The molecule has 1 unspecified atom stereocenters. The molecule has 4 aromatic carbocycles. The minimum Gasteiger partial charge on any atom is -0.350 e. The van der Waals surface area contributed by atoms with Crippen LogP contribution in [0.2, 0.25) is 0 Å². The lowest BCUT2D eigenvalue weighted by atomic mass is 10.2. The summed E-state index contributed by atoms with van der Waals surface area (Å²) < 4.78 is 0. The molecule has 0 saturated carbocycles. The average molecular weight is 423 g/mol. The van der Waals surface area contributed by atoms with Gasteiger partial charge in [0.05, 0.1) is 6.17 Å². The summed E-state index contributed by atoms with van der Waals surface area (Å²) >= 11 is 0. The molecular formula is C28H27N2P. The van der Waals surface area contributed by atoms with Gasteiger partial charge < -0.3 is 9.80 Å². The molecule has 0 aromatic heterocycles. The molecular weight excluding hydrogens is 395 g/mol. The smallest absolute Gasteiger partial charge is 0.0988 e. The van der Waals surface area contributed by atoms with Crippen molar-refractivity contribution < 1.29 is 0 Å². The fourth-order valence-corrected chi connectivity index (χ4v) is 6.98. The molecule has 0 bridgehead atoms. The van der Waals surface area contributed by atoms with Gasteiger partial charge in [-0.05, 0) is 43.7 Å². The molecule has 0 aliphatic carbocycles. The molecule has 1 fully saturated rings. The second-order valence-corrected chi connectivity index (χ2v) is 10.0. The second-order valence-electron chi connectivity index (χ2n) is 7.85. The molecule has 1 atom stereocenters.